The number of amides is 1. The molecule has 3 aliphatic rings. The second kappa shape index (κ2) is 7.19. The van der Waals surface area contributed by atoms with Crippen LogP contribution in [0.25, 0.3) is 0 Å². The Hall–Kier alpha value is -1.84. The van der Waals surface area contributed by atoms with Crippen molar-refractivity contribution in [2.24, 2.45) is 11.1 Å². The minimum absolute atomic E-state index is 0.159. The van der Waals surface area contributed by atoms with Crippen LogP contribution in [0.4, 0.5) is 4.39 Å². The minimum atomic E-state index is -0.162. The molecule has 1 aromatic rings. The lowest BCUT2D eigenvalue weighted by molar-refractivity contribution is -0.122. The summed E-state index contributed by atoms with van der Waals surface area (Å²) < 4.78 is 18.3. The van der Waals surface area contributed by atoms with Crippen molar-refractivity contribution in [1.29, 1.82) is 0 Å². The molecule has 2 bridgehead atoms. The number of fused-ring (bicyclic) bond motifs is 3. The van der Waals surface area contributed by atoms with Crippen molar-refractivity contribution >= 4 is 5.91 Å². The van der Waals surface area contributed by atoms with Crippen LogP contribution in [0.5, 0.6) is 5.75 Å². The molecule has 0 aromatic heterocycles. The van der Waals surface area contributed by atoms with E-state index >= 15 is 0 Å². The largest absolute Gasteiger partial charge is 0.489 e. The van der Waals surface area contributed by atoms with E-state index in [4.69, 9.17) is 10.5 Å². The van der Waals surface area contributed by atoms with Crippen LogP contribution in [-0.4, -0.2) is 12.5 Å². The van der Waals surface area contributed by atoms with E-state index in [2.05, 4.69) is 12.1 Å². The molecule has 0 radical (unpaired) electrons. The second-order valence-corrected chi connectivity index (χ2v) is 7.86. The van der Waals surface area contributed by atoms with Crippen LogP contribution in [0, 0.1) is 5.41 Å². The topological polar surface area (TPSA) is 52.3 Å². The monoisotopic (exact) mass is 345 g/mol. The summed E-state index contributed by atoms with van der Waals surface area (Å²) in [5, 5.41) is 0. The van der Waals surface area contributed by atoms with Crippen molar-refractivity contribution in [2.75, 3.05) is 6.61 Å². The fraction of sp³-hybridized carbons (Fsp3) is 0.571. The van der Waals surface area contributed by atoms with Crippen LogP contribution in [0.3, 0.4) is 0 Å². The predicted molar refractivity (Wildman–Crippen MR) is 97.0 cm³/mol. The molecule has 25 heavy (non-hydrogen) atoms. The molecule has 0 aliphatic heterocycles. The van der Waals surface area contributed by atoms with E-state index in [0.717, 1.165) is 44.3 Å². The maximum Gasteiger partial charge on any atom is 0.217 e. The summed E-state index contributed by atoms with van der Waals surface area (Å²) in [6, 6.07) is 8.31. The van der Waals surface area contributed by atoms with Gasteiger partial charge in [-0.25, -0.2) is 4.39 Å². The third-order valence-corrected chi connectivity index (χ3v) is 6.45. The number of hydrogen-bond acceptors (Lipinski definition) is 2. The number of ether oxygens (including phenoxy) is 1. The molecule has 4 heteroatoms. The lowest BCUT2D eigenvalue weighted by atomic mass is 9.51. The standard InChI is InChI=1S/C21H28FNO2/c1-2-16(14-22)15-25-18-5-3-17(4-6-18)21-10-7-20(8-11-21,9-12-21)13-19(23)24/h3-6,14H,2,7-13,15H2,1H3,(H2,23,24)/b16-14+. The van der Waals surface area contributed by atoms with Gasteiger partial charge >= 0.3 is 0 Å². The molecule has 4 rings (SSSR count). The van der Waals surface area contributed by atoms with Gasteiger partial charge in [-0.15, -0.1) is 0 Å². The number of nitrogens with two attached hydrogens (primary N) is 1. The first kappa shape index (κ1) is 18.0. The van der Waals surface area contributed by atoms with Crippen LogP contribution in [-0.2, 0) is 10.2 Å². The highest BCUT2D eigenvalue weighted by atomic mass is 19.1. The smallest absolute Gasteiger partial charge is 0.217 e. The number of benzene rings is 1. The zero-order chi connectivity index (χ0) is 17.9. The number of carbonyl (C=O) groups is 1. The Morgan fingerprint density at radius 1 is 1.16 bits per heavy atom. The van der Waals surface area contributed by atoms with E-state index in [1.807, 2.05) is 19.1 Å². The molecule has 3 fully saturated rings. The average Bonchev–Trinajstić information content (AvgIpc) is 2.64. The van der Waals surface area contributed by atoms with Gasteiger partial charge in [0, 0.05) is 6.42 Å². The molecule has 0 unspecified atom stereocenters. The third kappa shape index (κ3) is 3.73. The van der Waals surface area contributed by atoms with Crippen LogP contribution in [0.2, 0.25) is 0 Å². The number of halogens is 1. The van der Waals surface area contributed by atoms with Crippen LogP contribution in [0.1, 0.15) is 63.9 Å². The van der Waals surface area contributed by atoms with Crippen molar-refractivity contribution in [3.05, 3.63) is 41.7 Å². The van der Waals surface area contributed by atoms with E-state index in [9.17, 15) is 9.18 Å². The van der Waals surface area contributed by atoms with Crippen LogP contribution < -0.4 is 10.5 Å². The number of primary amides is 1. The lowest BCUT2D eigenvalue weighted by Gasteiger charge is -2.53. The molecule has 2 N–H and O–H groups in total. The van der Waals surface area contributed by atoms with Crippen molar-refractivity contribution < 1.29 is 13.9 Å². The Kier molecular flexibility index (Phi) is 5.16. The molecular formula is C21H28FNO2. The van der Waals surface area contributed by atoms with Gasteiger partial charge in [0.15, 0.2) is 0 Å². The Balaban J connectivity index is 1.65. The molecule has 0 atom stereocenters. The predicted octanol–water partition coefficient (Wildman–Crippen LogP) is 4.80. The average molecular weight is 345 g/mol. The molecular weight excluding hydrogens is 317 g/mol. The van der Waals surface area contributed by atoms with Crippen molar-refractivity contribution in [3.63, 3.8) is 0 Å². The van der Waals surface area contributed by atoms with Gasteiger partial charge in [0.2, 0.25) is 5.91 Å². The van der Waals surface area contributed by atoms with Gasteiger partial charge in [0.25, 0.3) is 0 Å². The van der Waals surface area contributed by atoms with E-state index in [-0.39, 0.29) is 16.7 Å². The normalized spacial score (nSPS) is 28.8. The highest BCUT2D eigenvalue weighted by molar-refractivity contribution is 5.74. The first-order valence-electron chi connectivity index (χ1n) is 9.31. The molecule has 0 spiro atoms. The fourth-order valence-corrected chi connectivity index (χ4v) is 4.62. The molecule has 1 aromatic carbocycles. The van der Waals surface area contributed by atoms with E-state index in [0.29, 0.717) is 31.4 Å². The summed E-state index contributed by atoms with van der Waals surface area (Å²) in [7, 11) is 0. The number of hydrogen-bond donors (Lipinski definition) is 1. The molecule has 3 saturated carbocycles. The molecule has 3 nitrogen and oxygen atoms in total. The first-order valence-corrected chi connectivity index (χ1v) is 9.31. The van der Waals surface area contributed by atoms with Gasteiger partial charge in [-0.05, 0) is 79.0 Å². The maximum atomic E-state index is 12.6. The van der Waals surface area contributed by atoms with Gasteiger partial charge in [-0.1, -0.05) is 19.1 Å². The van der Waals surface area contributed by atoms with E-state index < -0.39 is 0 Å². The summed E-state index contributed by atoms with van der Waals surface area (Å²) in [6.07, 6.45) is 8.50. The van der Waals surface area contributed by atoms with Crippen LogP contribution >= 0.6 is 0 Å². The highest BCUT2D eigenvalue weighted by Gasteiger charge is 2.49. The third-order valence-electron chi connectivity index (χ3n) is 6.45. The quantitative estimate of drug-likeness (QED) is 0.772. The summed E-state index contributed by atoms with van der Waals surface area (Å²) in [6.45, 7) is 2.22. The number of carbonyl (C=O) groups excluding carboxylic acids is 1. The molecule has 3 aliphatic carbocycles. The maximum absolute atomic E-state index is 12.6. The van der Waals surface area contributed by atoms with Gasteiger partial charge < -0.3 is 10.5 Å². The van der Waals surface area contributed by atoms with Crippen LogP contribution in [0.15, 0.2) is 36.2 Å². The van der Waals surface area contributed by atoms with Crippen molar-refractivity contribution in [1.82, 2.24) is 0 Å². The minimum Gasteiger partial charge on any atom is -0.489 e. The van der Waals surface area contributed by atoms with Gasteiger partial charge in [-0.3, -0.25) is 4.79 Å². The Labute approximate surface area is 149 Å². The Bertz CT molecular complexity index is 626. The Morgan fingerprint density at radius 3 is 2.24 bits per heavy atom. The zero-order valence-corrected chi connectivity index (χ0v) is 15.0. The SMILES string of the molecule is CC/C(=C\F)COc1ccc(C23CCC(CC(N)=O)(CC2)CC3)cc1. The number of rotatable bonds is 7. The van der Waals surface area contributed by atoms with Crippen molar-refractivity contribution in [3.8, 4) is 5.75 Å². The van der Waals surface area contributed by atoms with Gasteiger partial charge in [0.1, 0.15) is 12.4 Å². The van der Waals surface area contributed by atoms with Gasteiger partial charge in [0.05, 0.1) is 6.33 Å². The summed E-state index contributed by atoms with van der Waals surface area (Å²) in [5.41, 5.74) is 7.88. The summed E-state index contributed by atoms with van der Waals surface area (Å²) >= 11 is 0. The Morgan fingerprint density at radius 2 is 1.76 bits per heavy atom. The van der Waals surface area contributed by atoms with E-state index in [1.165, 1.54) is 5.56 Å². The lowest BCUT2D eigenvalue weighted by Crippen LogP contribution is -2.45. The zero-order valence-electron chi connectivity index (χ0n) is 15.0. The molecule has 136 valence electrons. The van der Waals surface area contributed by atoms with Gasteiger partial charge in [-0.2, -0.15) is 0 Å². The molecule has 0 saturated heterocycles. The van der Waals surface area contributed by atoms with E-state index in [1.54, 1.807) is 0 Å². The van der Waals surface area contributed by atoms with Crippen molar-refractivity contribution in [2.45, 2.75) is 63.7 Å². The summed E-state index contributed by atoms with van der Waals surface area (Å²) in [5.74, 6) is 0.618. The first-order chi connectivity index (χ1) is 12.0. The summed E-state index contributed by atoms with van der Waals surface area (Å²) in [4.78, 5) is 11.4. The fourth-order valence-electron chi connectivity index (χ4n) is 4.62. The molecule has 1 amide bonds. The molecule has 0 heterocycles. The highest BCUT2D eigenvalue weighted by Crippen LogP contribution is 2.59. The second-order valence-electron chi connectivity index (χ2n) is 7.86.